The molecule has 2 fully saturated rings. The molecular formula is C18H27N3O2. The topological polar surface area (TPSA) is 54.5 Å². The van der Waals surface area contributed by atoms with E-state index in [1.165, 1.54) is 0 Å². The lowest BCUT2D eigenvalue weighted by Crippen LogP contribution is -2.47. The maximum Gasteiger partial charge on any atom is 0.317 e. The first-order valence-electron chi connectivity index (χ1n) is 8.34. The molecule has 0 saturated carbocycles. The Bertz CT molecular complexity index is 571. The Morgan fingerprint density at radius 3 is 2.96 bits per heavy atom. The number of aromatic nitrogens is 1. The fourth-order valence-corrected chi connectivity index (χ4v) is 3.76. The van der Waals surface area contributed by atoms with Gasteiger partial charge in [-0.05, 0) is 17.0 Å². The van der Waals surface area contributed by atoms with E-state index in [9.17, 15) is 4.79 Å². The maximum absolute atomic E-state index is 12.7. The van der Waals surface area contributed by atoms with E-state index in [0.717, 1.165) is 18.7 Å². The van der Waals surface area contributed by atoms with Gasteiger partial charge in [-0.15, -0.1) is 0 Å². The second-order valence-electron chi connectivity index (χ2n) is 8.11. The molecule has 2 atom stereocenters. The average molecular weight is 317 g/mol. The van der Waals surface area contributed by atoms with Gasteiger partial charge in [0.15, 0.2) is 0 Å². The molecule has 0 unspecified atom stereocenters. The first kappa shape index (κ1) is 16.2. The van der Waals surface area contributed by atoms with Crippen molar-refractivity contribution in [2.75, 3.05) is 26.3 Å². The van der Waals surface area contributed by atoms with Gasteiger partial charge in [0, 0.05) is 36.8 Å². The van der Waals surface area contributed by atoms with Crippen molar-refractivity contribution in [2.45, 2.75) is 39.2 Å². The molecule has 126 valence electrons. The lowest BCUT2D eigenvalue weighted by Gasteiger charge is -2.29. The molecule has 2 saturated heterocycles. The van der Waals surface area contributed by atoms with Crippen LogP contribution in [0.2, 0.25) is 0 Å². The van der Waals surface area contributed by atoms with E-state index < -0.39 is 0 Å². The number of fused-ring (bicyclic) bond motifs is 1. The number of pyridine rings is 1. The summed E-state index contributed by atoms with van der Waals surface area (Å²) in [5.41, 5.74) is 1.10. The van der Waals surface area contributed by atoms with Gasteiger partial charge in [-0.25, -0.2) is 4.79 Å². The first-order chi connectivity index (χ1) is 10.8. The number of carbonyl (C=O) groups excluding carboxylic acids is 1. The summed E-state index contributed by atoms with van der Waals surface area (Å²) >= 11 is 0. The zero-order valence-electron chi connectivity index (χ0n) is 14.5. The summed E-state index contributed by atoms with van der Waals surface area (Å²) < 4.78 is 5.61. The van der Waals surface area contributed by atoms with Gasteiger partial charge in [0.2, 0.25) is 0 Å². The predicted molar refractivity (Wildman–Crippen MR) is 89.2 cm³/mol. The van der Waals surface area contributed by atoms with Crippen LogP contribution >= 0.6 is 0 Å². The van der Waals surface area contributed by atoms with E-state index in [4.69, 9.17) is 4.74 Å². The van der Waals surface area contributed by atoms with Gasteiger partial charge in [-0.2, -0.15) is 0 Å². The maximum atomic E-state index is 12.7. The minimum absolute atomic E-state index is 0.0213. The Morgan fingerprint density at radius 1 is 1.48 bits per heavy atom. The van der Waals surface area contributed by atoms with Crippen molar-refractivity contribution in [1.29, 1.82) is 0 Å². The van der Waals surface area contributed by atoms with Crippen molar-refractivity contribution in [3.8, 4) is 0 Å². The molecule has 0 spiro atoms. The van der Waals surface area contributed by atoms with Crippen molar-refractivity contribution in [2.24, 2.45) is 11.3 Å². The lowest BCUT2D eigenvalue weighted by molar-refractivity contribution is 0.124. The number of urea groups is 1. The highest BCUT2D eigenvalue weighted by Crippen LogP contribution is 2.43. The van der Waals surface area contributed by atoms with Crippen LogP contribution in [0.25, 0.3) is 0 Å². The Balaban J connectivity index is 1.64. The molecular weight excluding hydrogens is 290 g/mol. The summed E-state index contributed by atoms with van der Waals surface area (Å²) in [5, 5.41) is 3.12. The minimum Gasteiger partial charge on any atom is -0.379 e. The van der Waals surface area contributed by atoms with Crippen molar-refractivity contribution < 1.29 is 9.53 Å². The SMILES string of the molecule is CC(C)(CNC(=O)N1CC(C)(C)[C@@H]2COC[C@@H]21)c1cccnc1. The van der Waals surface area contributed by atoms with Crippen LogP contribution in [0.5, 0.6) is 0 Å². The number of hydrogen-bond acceptors (Lipinski definition) is 3. The number of nitrogens with one attached hydrogen (secondary N) is 1. The summed E-state index contributed by atoms with van der Waals surface area (Å²) in [4.78, 5) is 18.8. The van der Waals surface area contributed by atoms with E-state index in [1.807, 2.05) is 17.2 Å². The molecule has 5 heteroatoms. The quantitative estimate of drug-likeness (QED) is 0.931. The highest BCUT2D eigenvalue weighted by Gasteiger charge is 2.51. The third-order valence-corrected chi connectivity index (χ3v) is 5.42. The normalized spacial score (nSPS) is 26.2. The van der Waals surface area contributed by atoms with Crippen LogP contribution in [0.4, 0.5) is 4.79 Å². The molecule has 1 aromatic rings. The number of hydrogen-bond donors (Lipinski definition) is 1. The molecule has 0 aromatic carbocycles. The van der Waals surface area contributed by atoms with Crippen LogP contribution in [0.1, 0.15) is 33.3 Å². The molecule has 1 aromatic heterocycles. The van der Waals surface area contributed by atoms with Gasteiger partial charge in [0.05, 0.1) is 19.3 Å². The van der Waals surface area contributed by atoms with Gasteiger partial charge in [0.1, 0.15) is 0 Å². The summed E-state index contributed by atoms with van der Waals surface area (Å²) in [6.45, 7) is 11.5. The first-order valence-corrected chi connectivity index (χ1v) is 8.34. The highest BCUT2D eigenvalue weighted by molar-refractivity contribution is 5.75. The van der Waals surface area contributed by atoms with Crippen LogP contribution in [-0.2, 0) is 10.2 Å². The highest BCUT2D eigenvalue weighted by atomic mass is 16.5. The number of amides is 2. The van der Waals surface area contributed by atoms with E-state index in [-0.39, 0.29) is 22.9 Å². The van der Waals surface area contributed by atoms with Crippen molar-refractivity contribution >= 4 is 6.03 Å². The summed E-state index contributed by atoms with van der Waals surface area (Å²) in [6, 6.07) is 4.22. The van der Waals surface area contributed by atoms with Crippen molar-refractivity contribution in [1.82, 2.24) is 15.2 Å². The van der Waals surface area contributed by atoms with Crippen LogP contribution in [-0.4, -0.2) is 48.3 Å². The molecule has 3 heterocycles. The van der Waals surface area contributed by atoms with Crippen LogP contribution in [0.3, 0.4) is 0 Å². The molecule has 0 bridgehead atoms. The number of rotatable bonds is 3. The summed E-state index contributed by atoms with van der Waals surface area (Å²) in [5.74, 6) is 0.444. The standard InChI is InChI=1S/C18H27N3O2/c1-17(2,13-6-5-7-19-8-13)11-20-16(22)21-12-18(3,4)14-9-23-10-15(14)21/h5-8,14-15H,9-12H2,1-4H3,(H,20,22)/t14-,15+/m1/s1. The van der Waals surface area contributed by atoms with Crippen LogP contribution < -0.4 is 5.32 Å². The molecule has 3 rings (SSSR count). The Labute approximate surface area is 138 Å². The molecule has 2 amide bonds. The smallest absolute Gasteiger partial charge is 0.317 e. The second-order valence-corrected chi connectivity index (χ2v) is 8.11. The van der Waals surface area contributed by atoms with Crippen molar-refractivity contribution in [3.05, 3.63) is 30.1 Å². The largest absolute Gasteiger partial charge is 0.379 e. The van der Waals surface area contributed by atoms with Gasteiger partial charge in [-0.3, -0.25) is 4.98 Å². The third kappa shape index (κ3) is 3.07. The molecule has 0 aliphatic carbocycles. The van der Waals surface area contributed by atoms with E-state index in [1.54, 1.807) is 6.20 Å². The molecule has 0 radical (unpaired) electrons. The average Bonchev–Trinajstić information content (AvgIpc) is 3.09. The number of nitrogens with zero attached hydrogens (tertiary/aromatic N) is 2. The van der Waals surface area contributed by atoms with E-state index >= 15 is 0 Å². The van der Waals surface area contributed by atoms with Gasteiger partial charge in [-0.1, -0.05) is 33.8 Å². The van der Waals surface area contributed by atoms with Gasteiger partial charge >= 0.3 is 6.03 Å². The number of ether oxygens (including phenoxy) is 1. The lowest BCUT2D eigenvalue weighted by atomic mass is 9.80. The Kier molecular flexibility index (Phi) is 4.08. The molecule has 2 aliphatic rings. The fourth-order valence-electron chi connectivity index (χ4n) is 3.76. The van der Waals surface area contributed by atoms with Crippen LogP contribution in [0.15, 0.2) is 24.5 Å². The van der Waals surface area contributed by atoms with E-state index in [0.29, 0.717) is 19.1 Å². The monoisotopic (exact) mass is 317 g/mol. The Hall–Kier alpha value is -1.62. The molecule has 1 N–H and O–H groups in total. The van der Waals surface area contributed by atoms with Crippen molar-refractivity contribution in [3.63, 3.8) is 0 Å². The molecule has 2 aliphatic heterocycles. The second kappa shape index (κ2) is 5.78. The third-order valence-electron chi connectivity index (χ3n) is 5.42. The van der Waals surface area contributed by atoms with E-state index in [2.05, 4.69) is 44.1 Å². The fraction of sp³-hybridized carbons (Fsp3) is 0.667. The molecule has 23 heavy (non-hydrogen) atoms. The summed E-state index contributed by atoms with van der Waals surface area (Å²) in [7, 11) is 0. The predicted octanol–water partition coefficient (Wildman–Crippen LogP) is 2.43. The van der Waals surface area contributed by atoms with Gasteiger partial charge < -0.3 is 15.0 Å². The van der Waals surface area contributed by atoms with Crippen LogP contribution in [0, 0.1) is 11.3 Å². The molecule has 5 nitrogen and oxygen atoms in total. The number of carbonyl (C=O) groups is 1. The zero-order valence-corrected chi connectivity index (χ0v) is 14.5. The number of likely N-dealkylation sites (tertiary alicyclic amines) is 1. The van der Waals surface area contributed by atoms with Gasteiger partial charge in [0.25, 0.3) is 0 Å². The zero-order chi connectivity index (χ0) is 16.7. The summed E-state index contributed by atoms with van der Waals surface area (Å²) in [6.07, 6.45) is 3.64. The Morgan fingerprint density at radius 2 is 2.26 bits per heavy atom. The minimum atomic E-state index is -0.148.